The van der Waals surface area contributed by atoms with Gasteiger partial charge in [0.05, 0.1) is 6.61 Å². The van der Waals surface area contributed by atoms with Crippen LogP contribution in [0.15, 0.2) is 36.4 Å². The lowest BCUT2D eigenvalue weighted by molar-refractivity contribution is -0.138. The molecule has 1 aromatic carbocycles. The molecular formula is C16H23NO3. The molecule has 1 atom stereocenters. The Bertz CT molecular complexity index is 440. The van der Waals surface area contributed by atoms with Gasteiger partial charge in [-0.05, 0) is 32.9 Å². The molecule has 0 aliphatic rings. The van der Waals surface area contributed by atoms with Gasteiger partial charge in [-0.1, -0.05) is 24.3 Å². The number of rotatable bonds is 8. The Hall–Kier alpha value is -1.81. The molecule has 110 valence electrons. The Morgan fingerprint density at radius 3 is 2.60 bits per heavy atom. The smallest absolute Gasteiger partial charge is 0.334 e. The highest BCUT2D eigenvalue weighted by atomic mass is 16.5. The van der Waals surface area contributed by atoms with Gasteiger partial charge in [0, 0.05) is 18.2 Å². The van der Waals surface area contributed by atoms with Crippen molar-refractivity contribution in [3.63, 3.8) is 0 Å². The zero-order valence-corrected chi connectivity index (χ0v) is 12.4. The van der Waals surface area contributed by atoms with E-state index in [2.05, 4.69) is 11.9 Å². The fraction of sp³-hybridized carbons (Fsp3) is 0.438. The fourth-order valence-electron chi connectivity index (χ4n) is 1.52. The maximum absolute atomic E-state index is 11.4. The molecule has 1 N–H and O–H groups in total. The number of hydrogen-bond donors (Lipinski definition) is 1. The van der Waals surface area contributed by atoms with Crippen molar-refractivity contribution in [1.82, 2.24) is 5.32 Å². The van der Waals surface area contributed by atoms with Crippen LogP contribution in [0.5, 0.6) is 5.75 Å². The first kappa shape index (κ1) is 16.2. The van der Waals surface area contributed by atoms with Crippen LogP contribution in [-0.4, -0.2) is 31.8 Å². The second-order valence-corrected chi connectivity index (χ2v) is 4.73. The van der Waals surface area contributed by atoms with Crippen LogP contribution in [0.25, 0.3) is 0 Å². The van der Waals surface area contributed by atoms with Crippen molar-refractivity contribution < 1.29 is 14.3 Å². The Labute approximate surface area is 120 Å². The van der Waals surface area contributed by atoms with Gasteiger partial charge in [0.1, 0.15) is 12.4 Å². The third-order valence-corrected chi connectivity index (χ3v) is 2.75. The molecule has 0 saturated heterocycles. The molecule has 0 bridgehead atoms. The van der Waals surface area contributed by atoms with Crippen LogP contribution in [0.4, 0.5) is 0 Å². The van der Waals surface area contributed by atoms with Crippen molar-refractivity contribution in [2.75, 3.05) is 19.8 Å². The monoisotopic (exact) mass is 277 g/mol. The predicted octanol–water partition coefficient (Wildman–Crippen LogP) is 2.47. The highest BCUT2D eigenvalue weighted by Crippen LogP contribution is 2.11. The highest BCUT2D eigenvalue weighted by molar-refractivity contribution is 5.88. The predicted molar refractivity (Wildman–Crippen MR) is 79.9 cm³/mol. The number of carbonyl (C=O) groups is 1. The number of esters is 1. The summed E-state index contributed by atoms with van der Waals surface area (Å²) in [5.74, 6) is 0.486. The summed E-state index contributed by atoms with van der Waals surface area (Å²) in [5.41, 5.74) is 1.63. The lowest BCUT2D eigenvalue weighted by Crippen LogP contribution is -2.34. The van der Waals surface area contributed by atoms with E-state index in [1.54, 1.807) is 6.92 Å². The average molecular weight is 277 g/mol. The number of benzene rings is 1. The van der Waals surface area contributed by atoms with E-state index in [0.29, 0.717) is 25.3 Å². The number of nitrogens with one attached hydrogen (secondary N) is 1. The van der Waals surface area contributed by atoms with Gasteiger partial charge in [-0.25, -0.2) is 4.79 Å². The molecule has 0 spiro atoms. The highest BCUT2D eigenvalue weighted by Gasteiger charge is 2.09. The lowest BCUT2D eigenvalue weighted by atomic mass is 10.2. The van der Waals surface area contributed by atoms with Crippen molar-refractivity contribution in [3.8, 4) is 5.75 Å². The normalized spacial score (nSPS) is 11.8. The van der Waals surface area contributed by atoms with E-state index >= 15 is 0 Å². The molecule has 1 rings (SSSR count). The average Bonchev–Trinajstić information content (AvgIpc) is 2.44. The first-order valence-corrected chi connectivity index (χ1v) is 6.80. The van der Waals surface area contributed by atoms with Gasteiger partial charge >= 0.3 is 5.97 Å². The minimum atomic E-state index is -0.355. The van der Waals surface area contributed by atoms with Gasteiger partial charge in [0.25, 0.3) is 0 Å². The SMILES string of the molecule is C=C(CNC(C)COc1ccc(C)cc1)C(=O)OCC. The Morgan fingerprint density at radius 2 is 2.00 bits per heavy atom. The van der Waals surface area contributed by atoms with Crippen LogP contribution >= 0.6 is 0 Å². The summed E-state index contributed by atoms with van der Waals surface area (Å²) in [7, 11) is 0. The first-order chi connectivity index (χ1) is 9.52. The molecule has 1 aromatic rings. The topological polar surface area (TPSA) is 47.6 Å². The fourth-order valence-corrected chi connectivity index (χ4v) is 1.52. The molecule has 0 saturated carbocycles. The minimum Gasteiger partial charge on any atom is -0.492 e. The van der Waals surface area contributed by atoms with Crippen LogP contribution < -0.4 is 10.1 Å². The largest absolute Gasteiger partial charge is 0.492 e. The maximum atomic E-state index is 11.4. The molecule has 0 heterocycles. The van der Waals surface area contributed by atoms with Crippen molar-refractivity contribution in [2.45, 2.75) is 26.8 Å². The Morgan fingerprint density at radius 1 is 1.35 bits per heavy atom. The van der Waals surface area contributed by atoms with E-state index in [1.807, 2.05) is 38.1 Å². The van der Waals surface area contributed by atoms with Crippen LogP contribution in [0.1, 0.15) is 19.4 Å². The summed E-state index contributed by atoms with van der Waals surface area (Å²) in [6, 6.07) is 8.02. The molecular weight excluding hydrogens is 254 g/mol. The zero-order chi connectivity index (χ0) is 15.0. The quantitative estimate of drug-likeness (QED) is 0.586. The van der Waals surface area contributed by atoms with Gasteiger partial charge in [0.2, 0.25) is 0 Å². The molecule has 0 fully saturated rings. The zero-order valence-electron chi connectivity index (χ0n) is 12.4. The molecule has 0 aromatic heterocycles. The van der Waals surface area contributed by atoms with Crippen LogP contribution in [0, 0.1) is 6.92 Å². The summed E-state index contributed by atoms with van der Waals surface area (Å²) in [5, 5.41) is 3.18. The van der Waals surface area contributed by atoms with E-state index in [9.17, 15) is 4.79 Å². The van der Waals surface area contributed by atoms with E-state index in [0.717, 1.165) is 5.75 Å². The van der Waals surface area contributed by atoms with Crippen LogP contribution in [-0.2, 0) is 9.53 Å². The van der Waals surface area contributed by atoms with Gasteiger partial charge in [0.15, 0.2) is 0 Å². The third kappa shape index (κ3) is 5.89. The molecule has 4 heteroatoms. The maximum Gasteiger partial charge on any atom is 0.334 e. The molecule has 0 amide bonds. The summed E-state index contributed by atoms with van der Waals surface area (Å²) in [4.78, 5) is 11.4. The summed E-state index contributed by atoms with van der Waals surface area (Å²) in [6.45, 7) is 10.8. The van der Waals surface area contributed by atoms with E-state index < -0.39 is 0 Å². The second kappa shape index (κ2) is 8.38. The molecule has 0 radical (unpaired) electrons. The summed E-state index contributed by atoms with van der Waals surface area (Å²) in [6.07, 6.45) is 0. The molecule has 0 aliphatic carbocycles. The van der Waals surface area contributed by atoms with Gasteiger partial charge in [-0.3, -0.25) is 0 Å². The molecule has 0 aliphatic heterocycles. The van der Waals surface area contributed by atoms with Crippen molar-refractivity contribution >= 4 is 5.97 Å². The van der Waals surface area contributed by atoms with Crippen molar-refractivity contribution in [3.05, 3.63) is 42.0 Å². The van der Waals surface area contributed by atoms with E-state index in [-0.39, 0.29) is 12.0 Å². The van der Waals surface area contributed by atoms with E-state index in [1.165, 1.54) is 5.56 Å². The first-order valence-electron chi connectivity index (χ1n) is 6.80. The summed E-state index contributed by atoms with van der Waals surface area (Å²) < 4.78 is 10.5. The van der Waals surface area contributed by atoms with Gasteiger partial charge < -0.3 is 14.8 Å². The number of hydrogen-bond acceptors (Lipinski definition) is 4. The van der Waals surface area contributed by atoms with Gasteiger partial charge in [-0.2, -0.15) is 0 Å². The lowest BCUT2D eigenvalue weighted by Gasteiger charge is -2.15. The minimum absolute atomic E-state index is 0.113. The number of carbonyl (C=O) groups excluding carboxylic acids is 1. The second-order valence-electron chi connectivity index (χ2n) is 4.73. The number of aryl methyl sites for hydroxylation is 1. The third-order valence-electron chi connectivity index (χ3n) is 2.75. The Balaban J connectivity index is 2.26. The summed E-state index contributed by atoms with van der Waals surface area (Å²) >= 11 is 0. The Kier molecular flexibility index (Phi) is 6.81. The van der Waals surface area contributed by atoms with Crippen LogP contribution in [0.2, 0.25) is 0 Å². The molecule has 1 unspecified atom stereocenters. The molecule has 20 heavy (non-hydrogen) atoms. The van der Waals surface area contributed by atoms with Crippen LogP contribution in [0.3, 0.4) is 0 Å². The van der Waals surface area contributed by atoms with Crippen molar-refractivity contribution in [2.24, 2.45) is 0 Å². The number of ether oxygens (including phenoxy) is 2. The standard InChI is InChI=1S/C16H23NO3/c1-5-19-16(18)13(3)10-17-14(4)11-20-15-8-6-12(2)7-9-15/h6-9,14,17H,3,5,10-11H2,1-2,4H3. The van der Waals surface area contributed by atoms with E-state index in [4.69, 9.17) is 9.47 Å². The molecule has 4 nitrogen and oxygen atoms in total. The van der Waals surface area contributed by atoms with Crippen molar-refractivity contribution in [1.29, 1.82) is 0 Å². The van der Waals surface area contributed by atoms with Gasteiger partial charge in [-0.15, -0.1) is 0 Å².